The quantitative estimate of drug-likeness (QED) is 0.292. The molecule has 0 aliphatic carbocycles. The first-order chi connectivity index (χ1) is 18.7. The maximum Gasteiger partial charge on any atom is 0.272 e. The van der Waals surface area contributed by atoms with Crippen LogP contribution in [0.4, 0.5) is 5.82 Å². The number of hydrogen-bond donors (Lipinski definition) is 1. The highest BCUT2D eigenvalue weighted by Crippen LogP contribution is 2.35. The molecule has 2 aromatic carbocycles. The Labute approximate surface area is 236 Å². The van der Waals surface area contributed by atoms with Crippen molar-refractivity contribution in [2.75, 3.05) is 38.6 Å². The van der Waals surface area contributed by atoms with Crippen molar-refractivity contribution in [2.24, 2.45) is 0 Å². The number of anilines is 1. The third-order valence-electron chi connectivity index (χ3n) is 6.76. The van der Waals surface area contributed by atoms with Crippen LogP contribution in [0.2, 0.25) is 4.34 Å². The Morgan fingerprint density at radius 2 is 2.00 bits per heavy atom. The number of benzene rings is 2. The van der Waals surface area contributed by atoms with Crippen molar-refractivity contribution in [3.05, 3.63) is 70.1 Å². The summed E-state index contributed by atoms with van der Waals surface area (Å²) >= 11 is 6.94. The minimum Gasteiger partial charge on any atom is -0.496 e. The van der Waals surface area contributed by atoms with E-state index in [1.807, 2.05) is 37.4 Å². The fourth-order valence-corrected chi connectivity index (χ4v) is 7.19. The lowest BCUT2D eigenvalue weighted by Crippen LogP contribution is -2.47. The maximum absolute atomic E-state index is 13.0. The van der Waals surface area contributed by atoms with Crippen molar-refractivity contribution < 1.29 is 22.7 Å². The molecule has 5 rings (SSSR count). The first-order valence-corrected chi connectivity index (χ1v) is 15.1. The number of Topliss-reactive ketones (excluding diaryl/α,β-unsaturated/α-hetero) is 1. The number of aromatic nitrogens is 2. The Morgan fingerprint density at radius 1 is 1.21 bits per heavy atom. The van der Waals surface area contributed by atoms with E-state index in [2.05, 4.69) is 20.8 Å². The SMILES string of the molecule is COc1cccc2c1c(NS(=O)(=O)c1ccc(Cl)s1)nn2Cc1cccc(CCC(=O)C2COCCN2C)c1. The van der Waals surface area contributed by atoms with Crippen molar-refractivity contribution in [3.63, 3.8) is 0 Å². The van der Waals surface area contributed by atoms with E-state index in [1.165, 1.54) is 13.2 Å². The molecule has 1 aliphatic heterocycles. The van der Waals surface area contributed by atoms with Crippen molar-refractivity contribution in [1.82, 2.24) is 14.7 Å². The van der Waals surface area contributed by atoms with Gasteiger partial charge in [0.2, 0.25) is 0 Å². The van der Waals surface area contributed by atoms with E-state index < -0.39 is 10.0 Å². The summed E-state index contributed by atoms with van der Waals surface area (Å²) < 4.78 is 41.9. The van der Waals surface area contributed by atoms with E-state index in [9.17, 15) is 13.2 Å². The first kappa shape index (κ1) is 27.6. The number of carbonyl (C=O) groups is 1. The molecule has 0 saturated carbocycles. The molecular weight excluding hydrogens is 560 g/mol. The molecule has 3 heterocycles. The van der Waals surface area contributed by atoms with E-state index in [4.69, 9.17) is 21.1 Å². The number of morpholine rings is 1. The van der Waals surface area contributed by atoms with Gasteiger partial charge in [0.25, 0.3) is 10.0 Å². The fourth-order valence-electron chi connectivity index (χ4n) is 4.69. The second-order valence-corrected chi connectivity index (χ2v) is 13.0. The third kappa shape index (κ3) is 6.12. The average molecular weight is 589 g/mol. The molecule has 0 amide bonds. The zero-order valence-electron chi connectivity index (χ0n) is 21.6. The molecule has 4 aromatic rings. The van der Waals surface area contributed by atoms with Gasteiger partial charge in [0.15, 0.2) is 11.6 Å². The molecule has 1 aliphatic rings. The Kier molecular flexibility index (Phi) is 8.24. The molecule has 39 heavy (non-hydrogen) atoms. The van der Waals surface area contributed by atoms with E-state index in [0.717, 1.165) is 34.5 Å². The monoisotopic (exact) mass is 588 g/mol. The highest BCUT2D eigenvalue weighted by atomic mass is 35.5. The molecule has 1 N–H and O–H groups in total. The number of rotatable bonds is 10. The molecule has 2 aromatic heterocycles. The lowest BCUT2D eigenvalue weighted by atomic mass is 10.0. The van der Waals surface area contributed by atoms with Crippen LogP contribution in [0.1, 0.15) is 17.5 Å². The number of nitrogens with zero attached hydrogens (tertiary/aromatic N) is 3. The number of carbonyl (C=O) groups excluding carboxylic acids is 1. The van der Waals surface area contributed by atoms with Crippen molar-refractivity contribution in [1.29, 1.82) is 0 Å². The number of halogens is 1. The number of hydrogen-bond acceptors (Lipinski definition) is 8. The smallest absolute Gasteiger partial charge is 0.272 e. The molecular formula is C27H29ClN4O5S2. The van der Waals surface area contributed by atoms with Crippen molar-refractivity contribution in [3.8, 4) is 5.75 Å². The maximum atomic E-state index is 13.0. The number of ether oxygens (including phenoxy) is 2. The number of likely N-dealkylation sites (N-methyl/N-ethyl adjacent to an activating group) is 1. The standard InChI is InChI=1S/C27H29ClN4O5S2/c1-31-13-14-37-17-21(31)22(33)10-9-18-5-3-6-19(15-18)16-32-20-7-4-8-23(36-2)26(20)27(29-32)30-39(34,35)25-12-11-24(28)38-25/h3-8,11-12,15,21H,9-10,13-14,16-17H2,1-2H3,(H,29,30). The largest absolute Gasteiger partial charge is 0.496 e. The van der Waals surface area contributed by atoms with E-state index in [1.54, 1.807) is 16.8 Å². The van der Waals surface area contributed by atoms with Gasteiger partial charge in [-0.1, -0.05) is 41.9 Å². The zero-order valence-corrected chi connectivity index (χ0v) is 24.0. The third-order valence-corrected chi connectivity index (χ3v) is 9.82. The summed E-state index contributed by atoms with van der Waals surface area (Å²) in [5, 5.41) is 5.19. The van der Waals surface area contributed by atoms with Gasteiger partial charge in [0.1, 0.15) is 9.96 Å². The van der Waals surface area contributed by atoms with Crippen LogP contribution in [-0.4, -0.2) is 68.8 Å². The van der Waals surface area contributed by atoms with Crippen LogP contribution in [0.3, 0.4) is 0 Å². The predicted molar refractivity (Wildman–Crippen MR) is 153 cm³/mol. The van der Waals surface area contributed by atoms with Crippen molar-refractivity contribution in [2.45, 2.75) is 29.6 Å². The molecule has 1 atom stereocenters. The second kappa shape index (κ2) is 11.6. The lowest BCUT2D eigenvalue weighted by Gasteiger charge is -2.31. The van der Waals surface area contributed by atoms with Crippen LogP contribution in [0.25, 0.3) is 10.9 Å². The minimum atomic E-state index is -3.90. The van der Waals surface area contributed by atoms with Crippen molar-refractivity contribution >= 4 is 55.5 Å². The number of methoxy groups -OCH3 is 1. The summed E-state index contributed by atoms with van der Waals surface area (Å²) in [5.74, 6) is 0.855. The number of aryl methyl sites for hydroxylation is 1. The van der Waals surface area contributed by atoms with E-state index >= 15 is 0 Å². The molecule has 0 bridgehead atoms. The summed E-state index contributed by atoms with van der Waals surface area (Å²) in [5.41, 5.74) is 2.74. The van der Waals surface area contributed by atoms with Gasteiger partial charge in [0.05, 0.1) is 48.1 Å². The molecule has 0 spiro atoms. The second-order valence-electron chi connectivity index (χ2n) is 9.38. The number of thiophene rings is 1. The predicted octanol–water partition coefficient (Wildman–Crippen LogP) is 4.44. The highest BCUT2D eigenvalue weighted by Gasteiger charge is 2.26. The van der Waals surface area contributed by atoms with Gasteiger partial charge in [0, 0.05) is 13.0 Å². The molecule has 1 fully saturated rings. The first-order valence-electron chi connectivity index (χ1n) is 12.5. The molecule has 1 unspecified atom stereocenters. The molecule has 0 radical (unpaired) electrons. The summed E-state index contributed by atoms with van der Waals surface area (Å²) in [6, 6.07) is 16.3. The van der Waals surface area contributed by atoms with Crippen LogP contribution in [0.15, 0.2) is 58.8 Å². The fraction of sp³-hybridized carbons (Fsp3) is 0.333. The normalized spacial score (nSPS) is 16.4. The molecule has 12 heteroatoms. The Balaban J connectivity index is 1.38. The van der Waals surface area contributed by atoms with Crippen LogP contribution >= 0.6 is 22.9 Å². The van der Waals surface area contributed by atoms with Gasteiger partial charge >= 0.3 is 0 Å². The Morgan fingerprint density at radius 3 is 2.74 bits per heavy atom. The molecule has 1 saturated heterocycles. The molecule has 9 nitrogen and oxygen atoms in total. The Hall–Kier alpha value is -2.96. The lowest BCUT2D eigenvalue weighted by molar-refractivity contribution is -0.129. The van der Waals surface area contributed by atoms with Crippen LogP contribution in [0.5, 0.6) is 5.75 Å². The number of fused-ring (bicyclic) bond motifs is 1. The summed E-state index contributed by atoms with van der Waals surface area (Å²) in [7, 11) is -0.405. The average Bonchev–Trinajstić information content (AvgIpc) is 3.51. The minimum absolute atomic E-state index is 0.0957. The van der Waals surface area contributed by atoms with Crippen LogP contribution in [-0.2, 0) is 32.5 Å². The van der Waals surface area contributed by atoms with Crippen LogP contribution < -0.4 is 9.46 Å². The van der Waals surface area contributed by atoms with Gasteiger partial charge in [-0.3, -0.25) is 19.1 Å². The number of sulfonamides is 1. The van der Waals surface area contributed by atoms with E-state index in [0.29, 0.717) is 48.1 Å². The highest BCUT2D eigenvalue weighted by molar-refractivity contribution is 7.94. The number of nitrogens with one attached hydrogen (secondary N) is 1. The van der Waals surface area contributed by atoms with Gasteiger partial charge in [-0.15, -0.1) is 11.3 Å². The zero-order chi connectivity index (χ0) is 27.6. The topological polar surface area (TPSA) is 103 Å². The summed E-state index contributed by atoms with van der Waals surface area (Å²) in [4.78, 5) is 14.8. The summed E-state index contributed by atoms with van der Waals surface area (Å²) in [6.07, 6.45) is 1.06. The number of ketones is 1. The van der Waals surface area contributed by atoms with Gasteiger partial charge in [-0.05, 0) is 48.9 Å². The van der Waals surface area contributed by atoms with E-state index in [-0.39, 0.29) is 21.9 Å². The molecule has 206 valence electrons. The van der Waals surface area contributed by atoms with Gasteiger partial charge < -0.3 is 9.47 Å². The van der Waals surface area contributed by atoms with Gasteiger partial charge in [-0.25, -0.2) is 8.42 Å². The summed E-state index contributed by atoms with van der Waals surface area (Å²) in [6.45, 7) is 2.25. The Bertz CT molecular complexity index is 1600. The van der Waals surface area contributed by atoms with Crippen LogP contribution in [0, 0.1) is 0 Å². The van der Waals surface area contributed by atoms with Gasteiger partial charge in [-0.2, -0.15) is 5.10 Å².